The Balaban J connectivity index is 0.000000470. The van der Waals surface area contributed by atoms with E-state index in [0.717, 1.165) is 11.1 Å². The summed E-state index contributed by atoms with van der Waals surface area (Å²) in [4.78, 5) is 20.6. The number of aliphatic hydroxyl groups is 1. The van der Waals surface area contributed by atoms with Gasteiger partial charge in [-0.2, -0.15) is 0 Å². The molecule has 0 heterocycles. The fourth-order valence-corrected chi connectivity index (χ4v) is 1.60. The molecule has 1 rings (SSSR count). The van der Waals surface area contributed by atoms with Crippen molar-refractivity contribution in [2.75, 3.05) is 13.2 Å². The molecule has 0 saturated heterocycles. The summed E-state index contributed by atoms with van der Waals surface area (Å²) in [5, 5.41) is 25.7. The summed E-state index contributed by atoms with van der Waals surface area (Å²) >= 11 is 0. The van der Waals surface area contributed by atoms with E-state index in [1.54, 1.807) is 24.3 Å². The van der Waals surface area contributed by atoms with Gasteiger partial charge in [0.1, 0.15) is 12.1 Å². The third-order valence-corrected chi connectivity index (χ3v) is 3.07. The minimum atomic E-state index is -1.00. The van der Waals surface area contributed by atoms with Crippen LogP contribution in [0.1, 0.15) is 24.5 Å². The predicted octanol–water partition coefficient (Wildman–Crippen LogP) is -0.0418. The van der Waals surface area contributed by atoms with Gasteiger partial charge in [-0.3, -0.25) is 9.59 Å². The Hall–Kier alpha value is -2.00. The van der Waals surface area contributed by atoms with E-state index in [4.69, 9.17) is 31.5 Å². The van der Waals surface area contributed by atoms with Gasteiger partial charge in [-0.15, -0.1) is 0 Å². The summed E-state index contributed by atoms with van der Waals surface area (Å²) in [5.74, 6) is -1.98. The average Bonchev–Trinajstić information content (AvgIpc) is 2.56. The fraction of sp³-hybridized carbons (Fsp3) is 0.500. The van der Waals surface area contributed by atoms with Gasteiger partial charge in [-0.1, -0.05) is 24.3 Å². The number of carboxylic acids is 2. The SMILES string of the molecule is CCOCCC(N)C(=O)O.NC(Cc1ccc(CO)cc1)C(=O)O. The molecule has 0 fully saturated rings. The van der Waals surface area contributed by atoms with E-state index in [1.165, 1.54) is 0 Å². The van der Waals surface area contributed by atoms with Crippen LogP contribution in [0.2, 0.25) is 0 Å². The number of carbonyl (C=O) groups is 2. The van der Waals surface area contributed by atoms with Crippen molar-refractivity contribution in [3.8, 4) is 0 Å². The van der Waals surface area contributed by atoms with E-state index in [0.29, 0.717) is 26.1 Å². The molecule has 1 aromatic carbocycles. The highest BCUT2D eigenvalue weighted by molar-refractivity contribution is 5.73. The van der Waals surface area contributed by atoms with Crippen molar-refractivity contribution in [2.24, 2.45) is 11.5 Å². The molecule has 0 radical (unpaired) electrons. The van der Waals surface area contributed by atoms with E-state index in [2.05, 4.69) is 0 Å². The first-order valence-electron chi connectivity index (χ1n) is 7.55. The molecule has 8 heteroatoms. The zero-order chi connectivity index (χ0) is 18.5. The van der Waals surface area contributed by atoms with Gasteiger partial charge in [0.05, 0.1) is 6.61 Å². The smallest absolute Gasteiger partial charge is 0.320 e. The van der Waals surface area contributed by atoms with Crippen LogP contribution in [-0.4, -0.2) is 52.6 Å². The lowest BCUT2D eigenvalue weighted by Crippen LogP contribution is -2.32. The highest BCUT2D eigenvalue weighted by atomic mass is 16.5. The van der Waals surface area contributed by atoms with Crippen LogP contribution in [0.5, 0.6) is 0 Å². The van der Waals surface area contributed by atoms with Crippen molar-refractivity contribution in [1.82, 2.24) is 0 Å². The summed E-state index contributed by atoms with van der Waals surface area (Å²) < 4.78 is 4.91. The molecule has 0 spiro atoms. The summed E-state index contributed by atoms with van der Waals surface area (Å²) in [6, 6.07) is 5.40. The number of aliphatic hydroxyl groups excluding tert-OH is 1. The maximum Gasteiger partial charge on any atom is 0.320 e. The molecule has 1 aromatic rings. The Morgan fingerprint density at radius 1 is 1.04 bits per heavy atom. The molecule has 0 saturated carbocycles. The average molecular weight is 342 g/mol. The van der Waals surface area contributed by atoms with Crippen LogP contribution in [0, 0.1) is 0 Å². The van der Waals surface area contributed by atoms with Gasteiger partial charge < -0.3 is 31.5 Å². The minimum absolute atomic E-state index is 0.00867. The quantitative estimate of drug-likeness (QED) is 0.391. The van der Waals surface area contributed by atoms with Crippen LogP contribution in [0.15, 0.2) is 24.3 Å². The lowest BCUT2D eigenvalue weighted by atomic mass is 10.1. The number of ether oxygens (including phenoxy) is 1. The normalized spacial score (nSPS) is 12.7. The third-order valence-electron chi connectivity index (χ3n) is 3.07. The molecule has 2 atom stereocenters. The maximum absolute atomic E-state index is 10.5. The van der Waals surface area contributed by atoms with Gasteiger partial charge in [-0.25, -0.2) is 0 Å². The molecule has 136 valence electrons. The standard InChI is InChI=1S/C10H13NO3.C6H13NO3/c11-9(10(13)14)5-7-1-3-8(6-12)4-2-7;1-2-10-4-3-5(7)6(8)9/h1-4,9,12H,5-6,11H2,(H,13,14);5H,2-4,7H2,1H3,(H,8,9). The van der Waals surface area contributed by atoms with Gasteiger partial charge in [0.2, 0.25) is 0 Å². The number of benzene rings is 1. The first-order chi connectivity index (χ1) is 11.3. The number of hydrogen-bond donors (Lipinski definition) is 5. The Labute approximate surface area is 141 Å². The van der Waals surface area contributed by atoms with Crippen LogP contribution < -0.4 is 11.5 Å². The van der Waals surface area contributed by atoms with Gasteiger partial charge in [0, 0.05) is 13.2 Å². The van der Waals surface area contributed by atoms with E-state index in [9.17, 15) is 9.59 Å². The van der Waals surface area contributed by atoms with Crippen molar-refractivity contribution in [3.05, 3.63) is 35.4 Å². The monoisotopic (exact) mass is 342 g/mol. The molecule has 7 N–H and O–H groups in total. The lowest BCUT2D eigenvalue weighted by molar-refractivity contribution is -0.139. The zero-order valence-electron chi connectivity index (χ0n) is 13.7. The van der Waals surface area contributed by atoms with E-state index in [1.807, 2.05) is 6.92 Å². The molecule has 0 aromatic heterocycles. The number of nitrogens with two attached hydrogens (primary N) is 2. The number of rotatable bonds is 9. The summed E-state index contributed by atoms with van der Waals surface area (Å²) in [6.45, 7) is 2.87. The Morgan fingerprint density at radius 3 is 1.96 bits per heavy atom. The molecular formula is C16H26N2O6. The molecule has 0 aliphatic heterocycles. The Morgan fingerprint density at radius 2 is 1.54 bits per heavy atom. The van der Waals surface area contributed by atoms with Crippen molar-refractivity contribution >= 4 is 11.9 Å². The first kappa shape index (κ1) is 22.0. The Bertz CT molecular complexity index is 492. The molecule has 0 amide bonds. The topological polar surface area (TPSA) is 156 Å². The minimum Gasteiger partial charge on any atom is -0.480 e. The van der Waals surface area contributed by atoms with Crippen LogP contribution in [0.3, 0.4) is 0 Å². The highest BCUT2D eigenvalue weighted by Crippen LogP contribution is 2.06. The van der Waals surface area contributed by atoms with Crippen molar-refractivity contribution in [3.63, 3.8) is 0 Å². The number of hydrogen-bond acceptors (Lipinski definition) is 6. The highest BCUT2D eigenvalue weighted by Gasteiger charge is 2.11. The van der Waals surface area contributed by atoms with Gasteiger partial charge in [0.15, 0.2) is 0 Å². The molecule has 2 unspecified atom stereocenters. The van der Waals surface area contributed by atoms with Crippen molar-refractivity contribution < 1.29 is 29.6 Å². The predicted molar refractivity (Wildman–Crippen MR) is 88.4 cm³/mol. The molecule has 24 heavy (non-hydrogen) atoms. The van der Waals surface area contributed by atoms with Crippen molar-refractivity contribution in [2.45, 2.75) is 38.5 Å². The number of carboxylic acid groups (broad SMARTS) is 2. The van der Waals surface area contributed by atoms with Crippen LogP contribution in [0.4, 0.5) is 0 Å². The maximum atomic E-state index is 10.5. The first-order valence-corrected chi connectivity index (χ1v) is 7.55. The van der Waals surface area contributed by atoms with Crippen LogP contribution in [-0.2, 0) is 27.4 Å². The summed E-state index contributed by atoms with van der Waals surface area (Å²) in [6.07, 6.45) is 0.685. The zero-order valence-corrected chi connectivity index (χ0v) is 13.7. The van der Waals surface area contributed by atoms with E-state index < -0.39 is 24.0 Å². The van der Waals surface area contributed by atoms with Crippen LogP contribution in [0.25, 0.3) is 0 Å². The van der Waals surface area contributed by atoms with Gasteiger partial charge >= 0.3 is 11.9 Å². The molecule has 0 aliphatic carbocycles. The van der Waals surface area contributed by atoms with Gasteiger partial charge in [0.25, 0.3) is 0 Å². The molecular weight excluding hydrogens is 316 g/mol. The largest absolute Gasteiger partial charge is 0.480 e. The lowest BCUT2D eigenvalue weighted by Gasteiger charge is -2.06. The fourth-order valence-electron chi connectivity index (χ4n) is 1.60. The molecule has 0 aliphatic rings. The van der Waals surface area contributed by atoms with Crippen molar-refractivity contribution in [1.29, 1.82) is 0 Å². The summed E-state index contributed by atoms with van der Waals surface area (Å²) in [5.41, 5.74) is 12.2. The van der Waals surface area contributed by atoms with Crippen LogP contribution >= 0.6 is 0 Å². The second-order valence-electron chi connectivity index (χ2n) is 5.05. The Kier molecular flexibility index (Phi) is 11.4. The summed E-state index contributed by atoms with van der Waals surface area (Å²) in [7, 11) is 0. The second-order valence-corrected chi connectivity index (χ2v) is 5.05. The van der Waals surface area contributed by atoms with E-state index >= 15 is 0 Å². The van der Waals surface area contributed by atoms with Gasteiger partial charge in [-0.05, 0) is 30.9 Å². The third kappa shape index (κ3) is 9.90. The number of aliphatic carboxylic acids is 2. The second kappa shape index (κ2) is 12.4. The van der Waals surface area contributed by atoms with E-state index in [-0.39, 0.29) is 6.61 Å². The molecule has 0 bridgehead atoms. The molecule has 8 nitrogen and oxygen atoms in total.